The molecule has 2 aromatic heterocycles. The summed E-state index contributed by atoms with van der Waals surface area (Å²) in [6, 6.07) is 0. The van der Waals surface area contributed by atoms with Crippen molar-refractivity contribution in [3.8, 4) is 0 Å². The molecule has 20 heavy (non-hydrogen) atoms. The van der Waals surface area contributed by atoms with Gasteiger partial charge in [-0.2, -0.15) is 10.2 Å². The third kappa shape index (κ3) is 3.46. The quantitative estimate of drug-likeness (QED) is 0.869. The van der Waals surface area contributed by atoms with Gasteiger partial charge >= 0.3 is 0 Å². The molecular formula is C14H19N5O. The van der Waals surface area contributed by atoms with Gasteiger partial charge in [-0.05, 0) is 30.7 Å². The van der Waals surface area contributed by atoms with Gasteiger partial charge in [0.25, 0.3) is 0 Å². The Labute approximate surface area is 117 Å². The van der Waals surface area contributed by atoms with Gasteiger partial charge in [0, 0.05) is 32.4 Å². The second-order valence-electron chi connectivity index (χ2n) is 5.46. The van der Waals surface area contributed by atoms with Crippen LogP contribution in [0.25, 0.3) is 0 Å². The molecular weight excluding hydrogens is 254 g/mol. The van der Waals surface area contributed by atoms with Gasteiger partial charge < -0.3 is 5.32 Å². The fourth-order valence-corrected chi connectivity index (χ4v) is 2.18. The first-order valence-electron chi connectivity index (χ1n) is 6.99. The second kappa shape index (κ2) is 5.48. The number of aryl methyl sites for hydroxylation is 2. The first-order valence-corrected chi connectivity index (χ1v) is 6.99. The molecule has 0 atom stereocenters. The minimum absolute atomic E-state index is 0.0137. The smallest absolute Gasteiger partial charge is 0.224 e. The van der Waals surface area contributed by atoms with Gasteiger partial charge in [-0.15, -0.1) is 0 Å². The van der Waals surface area contributed by atoms with E-state index < -0.39 is 0 Å². The predicted octanol–water partition coefficient (Wildman–Crippen LogP) is 1.60. The van der Waals surface area contributed by atoms with E-state index in [2.05, 4.69) is 15.5 Å². The lowest BCUT2D eigenvalue weighted by Gasteiger charge is -2.01. The number of amides is 1. The van der Waals surface area contributed by atoms with Crippen LogP contribution in [0.5, 0.6) is 0 Å². The Morgan fingerprint density at radius 2 is 2.20 bits per heavy atom. The topological polar surface area (TPSA) is 64.7 Å². The summed E-state index contributed by atoms with van der Waals surface area (Å²) in [5, 5.41) is 11.2. The summed E-state index contributed by atoms with van der Waals surface area (Å²) in [7, 11) is 1.87. The van der Waals surface area contributed by atoms with Crippen molar-refractivity contribution in [3.63, 3.8) is 0 Å². The number of carbonyl (C=O) groups excluding carboxylic acids is 1. The molecule has 6 nitrogen and oxygen atoms in total. The molecule has 106 valence electrons. The Morgan fingerprint density at radius 1 is 1.35 bits per heavy atom. The number of aromatic nitrogens is 4. The number of carbonyl (C=O) groups is 1. The zero-order valence-corrected chi connectivity index (χ0v) is 11.6. The zero-order valence-electron chi connectivity index (χ0n) is 11.6. The third-order valence-corrected chi connectivity index (χ3v) is 3.46. The molecule has 1 amide bonds. The highest BCUT2D eigenvalue weighted by Crippen LogP contribution is 2.30. The maximum atomic E-state index is 11.9. The van der Waals surface area contributed by atoms with Crippen molar-refractivity contribution in [1.82, 2.24) is 19.6 Å². The molecule has 0 aromatic carbocycles. The van der Waals surface area contributed by atoms with Gasteiger partial charge in [0.2, 0.25) is 5.91 Å². The van der Waals surface area contributed by atoms with Crippen molar-refractivity contribution in [1.29, 1.82) is 0 Å². The molecule has 0 spiro atoms. The van der Waals surface area contributed by atoms with Crippen molar-refractivity contribution in [2.75, 3.05) is 5.32 Å². The molecule has 0 aliphatic heterocycles. The van der Waals surface area contributed by atoms with Crippen LogP contribution < -0.4 is 5.32 Å². The minimum Gasteiger partial charge on any atom is -0.323 e. The third-order valence-electron chi connectivity index (χ3n) is 3.46. The molecule has 1 aliphatic carbocycles. The van der Waals surface area contributed by atoms with E-state index in [1.54, 1.807) is 17.1 Å². The van der Waals surface area contributed by atoms with E-state index in [1.165, 1.54) is 12.8 Å². The SMILES string of the molecule is Cn1cc(CCC(=O)Nc2cnn(CC3CC3)c2)cn1. The van der Waals surface area contributed by atoms with Gasteiger partial charge in [-0.3, -0.25) is 14.2 Å². The summed E-state index contributed by atoms with van der Waals surface area (Å²) in [4.78, 5) is 11.9. The van der Waals surface area contributed by atoms with E-state index in [9.17, 15) is 4.79 Å². The van der Waals surface area contributed by atoms with Crippen LogP contribution in [0.4, 0.5) is 5.69 Å². The summed E-state index contributed by atoms with van der Waals surface area (Å²) in [5.41, 5.74) is 1.86. The molecule has 1 aliphatic rings. The van der Waals surface area contributed by atoms with Crippen molar-refractivity contribution in [2.24, 2.45) is 13.0 Å². The Kier molecular flexibility index (Phi) is 3.54. The van der Waals surface area contributed by atoms with Gasteiger partial charge in [-0.1, -0.05) is 0 Å². The first-order chi connectivity index (χ1) is 9.69. The molecule has 1 fully saturated rings. The largest absolute Gasteiger partial charge is 0.323 e. The van der Waals surface area contributed by atoms with Gasteiger partial charge in [0.1, 0.15) is 0 Å². The molecule has 1 saturated carbocycles. The maximum Gasteiger partial charge on any atom is 0.224 e. The standard InChI is InChI=1S/C14H19N5O/c1-18-8-12(6-15-18)4-5-14(20)17-13-7-16-19(10-13)9-11-2-3-11/h6-8,10-11H,2-5,9H2,1H3,(H,17,20). The molecule has 3 rings (SSSR count). The van der Waals surface area contributed by atoms with Crippen LogP contribution in [0, 0.1) is 5.92 Å². The molecule has 0 bridgehead atoms. The Bertz CT molecular complexity index is 596. The Morgan fingerprint density at radius 3 is 2.90 bits per heavy atom. The molecule has 2 heterocycles. The number of anilines is 1. The van der Waals surface area contributed by atoms with E-state index in [4.69, 9.17) is 0 Å². The molecule has 6 heteroatoms. The van der Waals surface area contributed by atoms with E-state index in [1.807, 2.05) is 24.1 Å². The molecule has 0 unspecified atom stereocenters. The second-order valence-corrected chi connectivity index (χ2v) is 5.46. The number of hydrogen-bond donors (Lipinski definition) is 1. The van der Waals surface area contributed by atoms with Crippen LogP contribution >= 0.6 is 0 Å². The van der Waals surface area contributed by atoms with E-state index in [0.717, 1.165) is 23.7 Å². The average Bonchev–Trinajstić information content (AvgIpc) is 2.95. The van der Waals surface area contributed by atoms with Crippen LogP contribution in [0.3, 0.4) is 0 Å². The van der Waals surface area contributed by atoms with Crippen molar-refractivity contribution >= 4 is 11.6 Å². The number of nitrogens with zero attached hydrogens (tertiary/aromatic N) is 4. The lowest BCUT2D eigenvalue weighted by Crippen LogP contribution is -2.11. The van der Waals surface area contributed by atoms with Crippen molar-refractivity contribution in [2.45, 2.75) is 32.2 Å². The summed E-state index contributed by atoms with van der Waals surface area (Å²) in [6.07, 6.45) is 11.1. The molecule has 0 saturated heterocycles. The van der Waals surface area contributed by atoms with Crippen molar-refractivity contribution < 1.29 is 4.79 Å². The summed E-state index contributed by atoms with van der Waals surface area (Å²) in [6.45, 7) is 0.964. The average molecular weight is 273 g/mol. The molecule has 0 radical (unpaired) electrons. The normalized spacial score (nSPS) is 14.4. The molecule has 2 aromatic rings. The van der Waals surface area contributed by atoms with Gasteiger partial charge in [0.15, 0.2) is 0 Å². The van der Waals surface area contributed by atoms with Crippen LogP contribution in [-0.4, -0.2) is 25.5 Å². The predicted molar refractivity (Wildman–Crippen MR) is 75.1 cm³/mol. The zero-order chi connectivity index (χ0) is 13.9. The van der Waals surface area contributed by atoms with Crippen LogP contribution in [0.15, 0.2) is 24.8 Å². The fourth-order valence-electron chi connectivity index (χ4n) is 2.18. The number of rotatable bonds is 6. The number of nitrogens with one attached hydrogen (secondary N) is 1. The number of hydrogen-bond acceptors (Lipinski definition) is 3. The first kappa shape index (κ1) is 12.9. The van der Waals surface area contributed by atoms with Crippen LogP contribution in [0.2, 0.25) is 0 Å². The monoisotopic (exact) mass is 273 g/mol. The highest BCUT2D eigenvalue weighted by Gasteiger charge is 2.22. The summed E-state index contributed by atoms with van der Waals surface area (Å²) >= 11 is 0. The van der Waals surface area contributed by atoms with Crippen LogP contribution in [0.1, 0.15) is 24.8 Å². The van der Waals surface area contributed by atoms with Gasteiger partial charge in [0.05, 0.1) is 18.1 Å². The van der Waals surface area contributed by atoms with Gasteiger partial charge in [-0.25, -0.2) is 0 Å². The Balaban J connectivity index is 1.46. The lowest BCUT2D eigenvalue weighted by atomic mass is 10.2. The van der Waals surface area contributed by atoms with E-state index in [-0.39, 0.29) is 5.91 Å². The van der Waals surface area contributed by atoms with E-state index >= 15 is 0 Å². The van der Waals surface area contributed by atoms with Crippen molar-refractivity contribution in [3.05, 3.63) is 30.4 Å². The molecule has 1 N–H and O–H groups in total. The Hall–Kier alpha value is -2.11. The van der Waals surface area contributed by atoms with Crippen LogP contribution in [-0.2, 0) is 24.8 Å². The highest BCUT2D eigenvalue weighted by atomic mass is 16.1. The maximum absolute atomic E-state index is 11.9. The lowest BCUT2D eigenvalue weighted by molar-refractivity contribution is -0.116. The highest BCUT2D eigenvalue weighted by molar-refractivity contribution is 5.90. The summed E-state index contributed by atoms with van der Waals surface area (Å²) < 4.78 is 3.66. The minimum atomic E-state index is 0.0137. The summed E-state index contributed by atoms with van der Waals surface area (Å²) in [5.74, 6) is 0.795. The fraction of sp³-hybridized carbons (Fsp3) is 0.500. The van der Waals surface area contributed by atoms with E-state index in [0.29, 0.717) is 12.8 Å².